The van der Waals surface area contributed by atoms with E-state index in [1.807, 2.05) is 73.3 Å². The van der Waals surface area contributed by atoms with Crippen molar-refractivity contribution in [2.24, 2.45) is 0 Å². The van der Waals surface area contributed by atoms with Crippen molar-refractivity contribution in [1.29, 1.82) is 0 Å². The van der Waals surface area contributed by atoms with Crippen LogP contribution in [0.2, 0.25) is 0 Å². The van der Waals surface area contributed by atoms with Crippen molar-refractivity contribution in [2.45, 2.75) is 39.5 Å². The third kappa shape index (κ3) is 8.14. The summed E-state index contributed by atoms with van der Waals surface area (Å²) in [6, 6.07) is 21.8. The number of aromatic nitrogens is 3. The number of ether oxygens (including phenoxy) is 2. The molecular formula is C37H39FN6O3. The second-order valence-electron chi connectivity index (χ2n) is 11.7. The monoisotopic (exact) mass is 634 g/mol. The van der Waals surface area contributed by atoms with Crippen molar-refractivity contribution in [3.05, 3.63) is 114 Å². The molecule has 1 aliphatic rings. The van der Waals surface area contributed by atoms with Gasteiger partial charge in [0, 0.05) is 48.3 Å². The fourth-order valence-corrected chi connectivity index (χ4v) is 5.64. The lowest BCUT2D eigenvalue weighted by Gasteiger charge is -2.26. The number of aryl methyl sites for hydroxylation is 2. The highest BCUT2D eigenvalue weighted by molar-refractivity contribution is 6.06. The molecule has 3 aromatic carbocycles. The van der Waals surface area contributed by atoms with E-state index < -0.39 is 11.7 Å². The van der Waals surface area contributed by atoms with Gasteiger partial charge in [-0.2, -0.15) is 4.98 Å². The summed E-state index contributed by atoms with van der Waals surface area (Å²) in [6.07, 6.45) is 9.93. The molecule has 0 atom stereocenters. The van der Waals surface area contributed by atoms with Crippen LogP contribution in [0.3, 0.4) is 0 Å². The Hall–Kier alpha value is -5.22. The number of nitrogens with zero attached hydrogens (tertiary/aromatic N) is 4. The Morgan fingerprint density at radius 2 is 1.68 bits per heavy atom. The van der Waals surface area contributed by atoms with Gasteiger partial charge in [0.1, 0.15) is 11.3 Å². The number of likely N-dealkylation sites (tertiary alicyclic amines) is 1. The average molecular weight is 635 g/mol. The largest absolute Gasteiger partial charge is 0.490 e. The second kappa shape index (κ2) is 14.9. The van der Waals surface area contributed by atoms with Crippen LogP contribution in [0.4, 0.5) is 21.7 Å². The lowest BCUT2D eigenvalue weighted by Crippen LogP contribution is -2.31. The number of amides is 1. The zero-order valence-electron chi connectivity index (χ0n) is 26.7. The maximum Gasteiger partial charge on any atom is 0.262 e. The van der Waals surface area contributed by atoms with Gasteiger partial charge in [-0.15, -0.1) is 0 Å². The van der Waals surface area contributed by atoms with Crippen LogP contribution in [-0.4, -0.2) is 51.6 Å². The molecule has 0 unspecified atom stereocenters. The molecule has 1 fully saturated rings. The molecule has 5 aromatic rings. The topological polar surface area (TPSA) is 93.5 Å². The highest BCUT2D eigenvalue weighted by atomic mass is 19.1. The van der Waals surface area contributed by atoms with Crippen LogP contribution in [0.5, 0.6) is 17.4 Å². The molecule has 3 heterocycles. The van der Waals surface area contributed by atoms with Crippen LogP contribution < -0.4 is 20.1 Å². The molecule has 1 aliphatic heterocycles. The minimum atomic E-state index is -0.489. The van der Waals surface area contributed by atoms with Gasteiger partial charge >= 0.3 is 0 Å². The zero-order chi connectivity index (χ0) is 32.6. The number of hydrogen-bond acceptors (Lipinski definition) is 7. The first-order valence-electron chi connectivity index (χ1n) is 16.0. The molecule has 0 bridgehead atoms. The van der Waals surface area contributed by atoms with Gasteiger partial charge in [0.05, 0.1) is 6.61 Å². The number of halogens is 1. The highest BCUT2D eigenvalue weighted by Crippen LogP contribution is 2.29. The molecule has 0 saturated carbocycles. The van der Waals surface area contributed by atoms with Crippen LogP contribution in [0.25, 0.3) is 5.69 Å². The number of piperidine rings is 1. The first-order valence-corrected chi connectivity index (χ1v) is 16.0. The molecule has 1 amide bonds. The smallest absolute Gasteiger partial charge is 0.262 e. The van der Waals surface area contributed by atoms with Gasteiger partial charge in [0.25, 0.3) is 5.91 Å². The van der Waals surface area contributed by atoms with Crippen LogP contribution >= 0.6 is 0 Å². The quantitative estimate of drug-likeness (QED) is 0.134. The van der Waals surface area contributed by atoms with Gasteiger partial charge in [-0.05, 0) is 106 Å². The summed E-state index contributed by atoms with van der Waals surface area (Å²) in [5.74, 6) is -0.0330. The van der Waals surface area contributed by atoms with Gasteiger partial charge in [-0.25, -0.2) is 9.37 Å². The normalized spacial score (nSPS) is 13.3. The molecule has 0 spiro atoms. The van der Waals surface area contributed by atoms with Crippen molar-refractivity contribution in [2.75, 3.05) is 36.9 Å². The minimum Gasteiger partial charge on any atom is -0.490 e. The molecule has 0 radical (unpaired) electrons. The Labute approximate surface area is 274 Å². The molecular weight excluding hydrogens is 595 g/mol. The van der Waals surface area contributed by atoms with Crippen molar-refractivity contribution < 1.29 is 18.7 Å². The fraction of sp³-hybridized carbons (Fsp3) is 0.270. The maximum atomic E-state index is 15.0. The lowest BCUT2D eigenvalue weighted by molar-refractivity contribution is 0.102. The summed E-state index contributed by atoms with van der Waals surface area (Å²) in [4.78, 5) is 24.9. The summed E-state index contributed by atoms with van der Waals surface area (Å²) < 4.78 is 28.9. The average Bonchev–Trinajstić information content (AvgIpc) is 3.62. The Bertz CT molecular complexity index is 1780. The van der Waals surface area contributed by atoms with E-state index in [0.29, 0.717) is 23.7 Å². The number of hydrogen-bond donors (Lipinski definition) is 2. The number of carbonyl (C=O) groups excluding carboxylic acids is 1. The highest BCUT2D eigenvalue weighted by Gasteiger charge is 2.19. The first kappa shape index (κ1) is 31.7. The van der Waals surface area contributed by atoms with Crippen LogP contribution in [0, 0.1) is 19.7 Å². The molecule has 242 valence electrons. The predicted molar refractivity (Wildman–Crippen MR) is 182 cm³/mol. The van der Waals surface area contributed by atoms with Gasteiger partial charge in [0.2, 0.25) is 11.8 Å². The third-order valence-electron chi connectivity index (χ3n) is 8.18. The fourth-order valence-electron chi connectivity index (χ4n) is 5.64. The van der Waals surface area contributed by atoms with Gasteiger partial charge < -0.3 is 29.6 Å². The number of benzene rings is 3. The Morgan fingerprint density at radius 1 is 0.936 bits per heavy atom. The molecule has 47 heavy (non-hydrogen) atoms. The lowest BCUT2D eigenvalue weighted by atomic mass is 10.1. The van der Waals surface area contributed by atoms with E-state index in [1.165, 1.54) is 31.5 Å². The van der Waals surface area contributed by atoms with E-state index in [-0.39, 0.29) is 23.1 Å². The van der Waals surface area contributed by atoms with E-state index >= 15 is 0 Å². The first-order chi connectivity index (χ1) is 22.9. The van der Waals surface area contributed by atoms with Crippen molar-refractivity contribution in [3.8, 4) is 23.1 Å². The third-order valence-corrected chi connectivity index (χ3v) is 8.18. The molecule has 10 heteroatoms. The number of rotatable bonds is 12. The van der Waals surface area contributed by atoms with Gasteiger partial charge in [-0.1, -0.05) is 24.6 Å². The van der Waals surface area contributed by atoms with E-state index in [4.69, 9.17) is 9.47 Å². The maximum absolute atomic E-state index is 15.0. The number of nitrogens with one attached hydrogen (secondary N) is 2. The summed E-state index contributed by atoms with van der Waals surface area (Å²) in [5, 5.41) is 6.01. The van der Waals surface area contributed by atoms with Crippen molar-refractivity contribution in [3.63, 3.8) is 0 Å². The molecule has 9 nitrogen and oxygen atoms in total. The van der Waals surface area contributed by atoms with Crippen LogP contribution in [-0.2, 0) is 0 Å². The summed E-state index contributed by atoms with van der Waals surface area (Å²) in [6.45, 7) is 7.52. The summed E-state index contributed by atoms with van der Waals surface area (Å²) in [5.41, 5.74) is 4.10. The van der Waals surface area contributed by atoms with Crippen LogP contribution in [0.1, 0.15) is 47.2 Å². The second-order valence-corrected chi connectivity index (χ2v) is 11.7. The van der Waals surface area contributed by atoms with Crippen LogP contribution in [0.15, 0.2) is 91.4 Å². The van der Waals surface area contributed by atoms with Crippen molar-refractivity contribution >= 4 is 23.2 Å². The van der Waals surface area contributed by atoms with Gasteiger partial charge in [-0.3, -0.25) is 4.79 Å². The van der Waals surface area contributed by atoms with E-state index in [1.54, 1.807) is 24.3 Å². The SMILES string of the molecule is Cc1cccc(C)c1NC(=O)c1cnc(Nc2ccc(OCCCN3CCCCC3)c(F)c2)nc1Oc1ccc(-n2cccc2)cc1. The summed E-state index contributed by atoms with van der Waals surface area (Å²) in [7, 11) is 0. The number of carbonyl (C=O) groups is 1. The standard InChI is InChI=1S/C37H39FN6O3/c1-26-10-8-11-27(2)34(26)41-35(45)31-25-39-37(42-36(31)47-30-15-13-29(14-16-30)44-21-6-7-22-44)40-28-12-17-33(32(38)24-28)46-23-9-20-43-18-4-3-5-19-43/h6-8,10-17,21-22,24-25H,3-5,9,18-20,23H2,1-2H3,(H,41,45)(H,39,40,42). The molecule has 6 rings (SSSR count). The number of anilines is 3. The molecule has 1 saturated heterocycles. The predicted octanol–water partition coefficient (Wildman–Crippen LogP) is 8.07. The molecule has 2 aromatic heterocycles. The molecule has 0 aliphatic carbocycles. The minimum absolute atomic E-state index is 0.0501. The van der Waals surface area contributed by atoms with E-state index in [0.717, 1.165) is 42.9 Å². The van der Waals surface area contributed by atoms with E-state index in [9.17, 15) is 9.18 Å². The van der Waals surface area contributed by atoms with Crippen molar-refractivity contribution in [1.82, 2.24) is 19.4 Å². The Balaban J connectivity index is 1.18. The zero-order valence-corrected chi connectivity index (χ0v) is 26.7. The Morgan fingerprint density at radius 3 is 2.40 bits per heavy atom. The Kier molecular flexibility index (Phi) is 10.1. The van der Waals surface area contributed by atoms with E-state index in [2.05, 4.69) is 25.5 Å². The molecule has 2 N–H and O–H groups in total. The van der Waals surface area contributed by atoms with Gasteiger partial charge in [0.15, 0.2) is 11.6 Å². The number of para-hydroxylation sites is 1. The summed E-state index contributed by atoms with van der Waals surface area (Å²) >= 11 is 0.